The largest absolute Gasteiger partial charge is 0.454 e. The summed E-state index contributed by atoms with van der Waals surface area (Å²) in [6.45, 7) is 5.61. The van der Waals surface area contributed by atoms with Gasteiger partial charge in [0.25, 0.3) is 0 Å². The molecule has 0 aromatic carbocycles. The van der Waals surface area contributed by atoms with E-state index in [9.17, 15) is 35.1 Å². The lowest BCUT2D eigenvalue weighted by molar-refractivity contribution is -0.305. The molecule has 85 heavy (non-hydrogen) atoms. The maximum absolute atomic E-state index is 13.4. The maximum Gasteiger partial charge on any atom is 0.306 e. The number of hydrogen-bond donors (Lipinski definition) is 6. The minimum Gasteiger partial charge on any atom is -0.454 e. The number of amides is 1. The fourth-order valence-corrected chi connectivity index (χ4v) is 9.97. The minimum atomic E-state index is -1.64. The second-order valence-corrected chi connectivity index (χ2v) is 23.2. The van der Waals surface area contributed by atoms with E-state index < -0.39 is 67.4 Å². The van der Waals surface area contributed by atoms with Gasteiger partial charge in [-0.2, -0.15) is 0 Å². The highest BCUT2D eigenvalue weighted by molar-refractivity contribution is 5.81. The molecule has 0 radical (unpaired) electrons. The molecule has 1 aliphatic heterocycles. The molecule has 1 amide bonds. The van der Waals surface area contributed by atoms with Gasteiger partial charge in [-0.05, 0) is 96.3 Å². The number of unbranched alkanes of at least 4 members (excludes halogenated alkanes) is 26. The number of nitrogens with one attached hydrogen (secondary N) is 1. The zero-order valence-electron chi connectivity index (χ0n) is 53.9. The van der Waals surface area contributed by atoms with Gasteiger partial charge in [-0.3, -0.25) is 9.59 Å². The highest BCUT2D eigenvalue weighted by atomic mass is 16.7. The van der Waals surface area contributed by atoms with Crippen LogP contribution in [0.2, 0.25) is 0 Å². The van der Waals surface area contributed by atoms with Crippen LogP contribution in [0.3, 0.4) is 0 Å². The summed E-state index contributed by atoms with van der Waals surface area (Å²) in [5.74, 6) is -1.29. The summed E-state index contributed by atoms with van der Waals surface area (Å²) in [4.78, 5) is 26.6. The van der Waals surface area contributed by atoms with Gasteiger partial charge in [-0.25, -0.2) is 0 Å². The van der Waals surface area contributed by atoms with Crippen molar-refractivity contribution >= 4 is 11.9 Å². The molecule has 1 rings (SSSR count). The smallest absolute Gasteiger partial charge is 0.306 e. The van der Waals surface area contributed by atoms with Crippen molar-refractivity contribution < 1.29 is 49.3 Å². The van der Waals surface area contributed by atoms with E-state index >= 15 is 0 Å². The van der Waals surface area contributed by atoms with E-state index in [0.29, 0.717) is 12.8 Å². The predicted octanol–water partition coefficient (Wildman–Crippen LogP) is 17.4. The van der Waals surface area contributed by atoms with Gasteiger partial charge in [0.2, 0.25) is 5.91 Å². The molecule has 0 aromatic rings. The minimum absolute atomic E-state index is 0.0526. The van der Waals surface area contributed by atoms with Gasteiger partial charge in [-0.15, -0.1) is 0 Å². The Morgan fingerprint density at radius 2 is 0.847 bits per heavy atom. The topological polar surface area (TPSA) is 175 Å². The molecule has 0 aliphatic carbocycles. The zero-order valence-corrected chi connectivity index (χ0v) is 53.9. The van der Waals surface area contributed by atoms with Gasteiger partial charge in [0, 0.05) is 12.8 Å². The Balaban J connectivity index is 2.65. The van der Waals surface area contributed by atoms with Crippen LogP contribution in [0.5, 0.6) is 0 Å². The van der Waals surface area contributed by atoms with Crippen LogP contribution >= 0.6 is 0 Å². The Bertz CT molecular complexity index is 1850. The van der Waals surface area contributed by atoms with E-state index in [1.54, 1.807) is 12.2 Å². The molecule has 6 N–H and O–H groups in total. The number of allylic oxidation sites excluding steroid dienone is 18. The maximum atomic E-state index is 13.4. The summed E-state index contributed by atoms with van der Waals surface area (Å²) in [5.41, 5.74) is 0. The second-order valence-electron chi connectivity index (χ2n) is 23.2. The quantitative estimate of drug-likeness (QED) is 0.0195. The Morgan fingerprint density at radius 3 is 1.29 bits per heavy atom. The third-order valence-electron chi connectivity index (χ3n) is 15.4. The van der Waals surface area contributed by atoms with Crippen LogP contribution in [-0.4, -0.2) is 99.6 Å². The van der Waals surface area contributed by atoms with Crippen LogP contribution in [0.1, 0.15) is 271 Å². The molecule has 1 saturated heterocycles. The molecule has 1 heterocycles. The van der Waals surface area contributed by atoms with E-state index in [1.807, 2.05) is 18.2 Å². The summed E-state index contributed by atoms with van der Waals surface area (Å²) in [5, 5.41) is 57.0. The molecular formula is C74H125NO10. The third kappa shape index (κ3) is 47.8. The normalized spacial score (nSPS) is 19.2. The number of ether oxygens (including phenoxy) is 3. The summed E-state index contributed by atoms with van der Waals surface area (Å²) in [7, 11) is 0. The molecule has 0 bridgehead atoms. The fourth-order valence-electron chi connectivity index (χ4n) is 9.97. The van der Waals surface area contributed by atoms with Crippen molar-refractivity contribution in [3.8, 4) is 0 Å². The number of esters is 1. The number of carbonyl (C=O) groups is 2. The molecule has 1 aliphatic rings. The van der Waals surface area contributed by atoms with Crippen LogP contribution < -0.4 is 5.32 Å². The first kappa shape index (κ1) is 79.1. The molecule has 0 aromatic heterocycles. The first-order valence-electron chi connectivity index (χ1n) is 34.3. The Hall–Kier alpha value is -3.94. The molecule has 8 atom stereocenters. The zero-order chi connectivity index (χ0) is 61.7. The molecular weight excluding hydrogens is 1060 g/mol. The van der Waals surface area contributed by atoms with Crippen LogP contribution in [0.4, 0.5) is 0 Å². The van der Waals surface area contributed by atoms with E-state index in [4.69, 9.17) is 14.2 Å². The Morgan fingerprint density at radius 1 is 0.471 bits per heavy atom. The molecule has 11 nitrogen and oxygen atoms in total. The fraction of sp³-hybridized carbons (Fsp3) is 0.703. The molecule has 1 fully saturated rings. The Labute approximate surface area is 519 Å². The van der Waals surface area contributed by atoms with Crippen LogP contribution in [0.15, 0.2) is 122 Å². The molecule has 0 saturated carbocycles. The molecule has 0 spiro atoms. The number of carbonyl (C=O) groups excluding carboxylic acids is 2. The molecule has 11 heteroatoms. The SMILES string of the molecule is CC/C=C\C/C=C\C/C=C\C/C=C\C/C=C\C/C=C\CC(O)C(=O)NC(COC1OC(CO)C(O)C(O)C1OC(=O)CCCCCCCCCCCCCC/C=C\C/C=C\C/C=C\CCCCC)C(O)/C=C/CCCCCCCCCCCCC. The number of hydrogen-bond acceptors (Lipinski definition) is 10. The summed E-state index contributed by atoms with van der Waals surface area (Å²) in [6, 6.07) is -1.07. The van der Waals surface area contributed by atoms with Gasteiger partial charge in [0.15, 0.2) is 12.4 Å². The van der Waals surface area contributed by atoms with Crippen molar-refractivity contribution in [2.24, 2.45) is 0 Å². The van der Waals surface area contributed by atoms with Crippen molar-refractivity contribution in [2.45, 2.75) is 320 Å². The van der Waals surface area contributed by atoms with Crippen molar-refractivity contribution in [1.82, 2.24) is 5.32 Å². The molecule has 8 unspecified atom stereocenters. The standard InChI is InChI=1S/C74H125NO10/c1-4-7-10-13-16-19-22-25-27-29-31-32-33-34-35-36-37-39-41-44-47-50-53-56-59-62-69(79)85-72-71(81)70(80)68(63-76)84-74(72)83-64-65(66(77)60-57-54-51-48-45-42-24-21-18-15-12-9-6-3)75-73(82)67(78)61-58-55-52-49-46-43-40-38-30-28-26-23-20-17-14-11-8-5-2/h8,11,16-17,19-20,25-28,31-32,38,40,46,49,55,57-58,60,65-68,70-72,74,76-78,80-81H,4-7,9-10,12-15,18,21-24,29-30,33-37,39,41-45,47-48,50-54,56,59,61-64H2,1-3H3,(H,75,82)/b11-8-,19-16-,20-17-,27-25-,28-26-,32-31-,40-38-,49-46-,58-55-,60-57+. The summed E-state index contributed by atoms with van der Waals surface area (Å²) >= 11 is 0. The van der Waals surface area contributed by atoms with Crippen LogP contribution in [-0.2, 0) is 23.8 Å². The van der Waals surface area contributed by atoms with E-state index in [2.05, 4.69) is 117 Å². The number of rotatable bonds is 57. The summed E-state index contributed by atoms with van der Waals surface area (Å²) < 4.78 is 17.6. The van der Waals surface area contributed by atoms with Crippen molar-refractivity contribution in [2.75, 3.05) is 13.2 Å². The monoisotopic (exact) mass is 1190 g/mol. The lowest BCUT2D eigenvalue weighted by Gasteiger charge is -2.41. The van der Waals surface area contributed by atoms with Gasteiger partial charge < -0.3 is 45.1 Å². The highest BCUT2D eigenvalue weighted by Gasteiger charge is 2.47. The van der Waals surface area contributed by atoms with Gasteiger partial charge in [0.1, 0.15) is 24.4 Å². The van der Waals surface area contributed by atoms with Gasteiger partial charge in [-0.1, -0.05) is 284 Å². The first-order valence-corrected chi connectivity index (χ1v) is 34.3. The van der Waals surface area contributed by atoms with Gasteiger partial charge in [0.05, 0.1) is 25.4 Å². The molecule has 486 valence electrons. The number of aliphatic hydroxyl groups excluding tert-OH is 5. The lowest BCUT2D eigenvalue weighted by atomic mass is 9.99. The van der Waals surface area contributed by atoms with Crippen molar-refractivity contribution in [3.63, 3.8) is 0 Å². The van der Waals surface area contributed by atoms with Crippen molar-refractivity contribution in [3.05, 3.63) is 122 Å². The lowest BCUT2D eigenvalue weighted by Crippen LogP contribution is -2.61. The van der Waals surface area contributed by atoms with Crippen LogP contribution in [0.25, 0.3) is 0 Å². The van der Waals surface area contributed by atoms with Crippen molar-refractivity contribution in [1.29, 1.82) is 0 Å². The Kier molecular flexibility index (Phi) is 56.1. The average Bonchev–Trinajstić information content (AvgIpc) is 3.21. The van der Waals surface area contributed by atoms with E-state index in [-0.39, 0.29) is 19.4 Å². The second kappa shape index (κ2) is 60.3. The van der Waals surface area contributed by atoms with Gasteiger partial charge >= 0.3 is 5.97 Å². The first-order chi connectivity index (χ1) is 41.7. The highest BCUT2D eigenvalue weighted by Crippen LogP contribution is 2.26. The van der Waals surface area contributed by atoms with E-state index in [1.165, 1.54) is 128 Å². The third-order valence-corrected chi connectivity index (χ3v) is 15.4. The number of aliphatic hydroxyl groups is 5. The summed E-state index contributed by atoms with van der Waals surface area (Å²) in [6.07, 6.45) is 73.9. The predicted molar refractivity (Wildman–Crippen MR) is 356 cm³/mol. The van der Waals surface area contributed by atoms with E-state index in [0.717, 1.165) is 96.3 Å². The van der Waals surface area contributed by atoms with Crippen LogP contribution in [0, 0.1) is 0 Å². The average molecular weight is 1190 g/mol.